The largest absolute Gasteiger partial charge is 0.363 e. The van der Waals surface area contributed by atoms with E-state index in [4.69, 9.17) is 4.52 Å². The third-order valence-electron chi connectivity index (χ3n) is 5.26. The maximum atomic E-state index is 5.19. The fourth-order valence-electron chi connectivity index (χ4n) is 3.93. The quantitative estimate of drug-likeness (QED) is 0.422. The van der Waals surface area contributed by atoms with E-state index in [0.717, 1.165) is 22.8 Å². The fraction of sp³-hybridized carbons (Fsp3) is 0.0952. The standard InChI is InChI=1S/C21H16N10OS/c1-3-14(26-24-9-1)18-19(15-6-12-33-29-15)31(17-5-11-32-28-17)13-30(16-4-10-25-27-16)20(18)21-22-7-2-8-23-21/h1-12,19H,13H2,(H,25,27). The Balaban J connectivity index is 1.69. The molecule has 0 fully saturated rings. The Morgan fingerprint density at radius 1 is 1.03 bits per heavy atom. The molecular weight excluding hydrogens is 440 g/mol. The van der Waals surface area contributed by atoms with E-state index in [2.05, 4.69) is 44.8 Å². The van der Waals surface area contributed by atoms with Gasteiger partial charge in [0.25, 0.3) is 0 Å². The summed E-state index contributed by atoms with van der Waals surface area (Å²) in [4.78, 5) is 13.3. The molecule has 5 aromatic rings. The third-order valence-corrected chi connectivity index (χ3v) is 5.84. The molecule has 1 aliphatic rings. The van der Waals surface area contributed by atoms with Gasteiger partial charge in [-0.2, -0.15) is 19.7 Å². The Morgan fingerprint density at radius 3 is 2.67 bits per heavy atom. The van der Waals surface area contributed by atoms with E-state index in [1.165, 1.54) is 11.5 Å². The lowest BCUT2D eigenvalue weighted by atomic mass is 9.93. The van der Waals surface area contributed by atoms with Gasteiger partial charge in [-0.05, 0) is 35.8 Å². The van der Waals surface area contributed by atoms with Crippen molar-refractivity contribution in [2.24, 2.45) is 0 Å². The van der Waals surface area contributed by atoms with Crippen molar-refractivity contribution in [2.45, 2.75) is 6.04 Å². The molecule has 5 aromatic heterocycles. The minimum absolute atomic E-state index is 0.337. The Morgan fingerprint density at radius 2 is 1.97 bits per heavy atom. The Labute approximate surface area is 191 Å². The van der Waals surface area contributed by atoms with Crippen LogP contribution in [0, 0.1) is 0 Å². The number of rotatable bonds is 5. The molecule has 6 heterocycles. The van der Waals surface area contributed by atoms with Gasteiger partial charge in [0.15, 0.2) is 11.6 Å². The molecule has 12 heteroatoms. The molecule has 1 aliphatic heterocycles. The number of hydrogen-bond donors (Lipinski definition) is 1. The molecule has 0 bridgehead atoms. The van der Waals surface area contributed by atoms with E-state index in [9.17, 15) is 0 Å². The van der Waals surface area contributed by atoms with Gasteiger partial charge < -0.3 is 14.3 Å². The maximum absolute atomic E-state index is 5.19. The zero-order valence-electron chi connectivity index (χ0n) is 17.1. The van der Waals surface area contributed by atoms with Crippen LogP contribution < -0.4 is 9.80 Å². The molecule has 162 valence electrons. The Hall–Kier alpha value is -4.45. The van der Waals surface area contributed by atoms with Gasteiger partial charge in [-0.1, -0.05) is 5.16 Å². The molecule has 33 heavy (non-hydrogen) atoms. The SMILES string of the molecule is c1cnc(C2=C(c3cccnn3)C(c3ccsn3)N(c3ccon3)CN2c2ccn[nH]2)nc1. The van der Waals surface area contributed by atoms with Crippen LogP contribution in [0.2, 0.25) is 0 Å². The van der Waals surface area contributed by atoms with Crippen molar-refractivity contribution >= 4 is 34.4 Å². The van der Waals surface area contributed by atoms with Gasteiger partial charge in [0.05, 0.1) is 30.0 Å². The first-order chi connectivity index (χ1) is 16.4. The summed E-state index contributed by atoms with van der Waals surface area (Å²) in [6.45, 7) is 0.411. The molecule has 11 nitrogen and oxygen atoms in total. The van der Waals surface area contributed by atoms with Crippen LogP contribution in [-0.2, 0) is 0 Å². The number of aromatic amines is 1. The van der Waals surface area contributed by atoms with Crippen LogP contribution >= 0.6 is 11.5 Å². The molecule has 1 unspecified atom stereocenters. The fourth-order valence-corrected chi connectivity index (χ4v) is 4.47. The van der Waals surface area contributed by atoms with Crippen LogP contribution in [0.3, 0.4) is 0 Å². The first-order valence-electron chi connectivity index (χ1n) is 10.0. The van der Waals surface area contributed by atoms with Gasteiger partial charge in [-0.3, -0.25) is 5.10 Å². The van der Waals surface area contributed by atoms with E-state index < -0.39 is 0 Å². The Bertz CT molecular complexity index is 1340. The topological polar surface area (TPSA) is 126 Å². The zero-order valence-corrected chi connectivity index (χ0v) is 17.9. The van der Waals surface area contributed by atoms with E-state index in [1.54, 1.807) is 37.1 Å². The summed E-state index contributed by atoms with van der Waals surface area (Å²) in [5.74, 6) is 1.98. The maximum Gasteiger partial charge on any atom is 0.176 e. The minimum atomic E-state index is -0.337. The number of H-pyrrole nitrogens is 1. The summed E-state index contributed by atoms with van der Waals surface area (Å²) in [6, 6.07) is 10.9. The van der Waals surface area contributed by atoms with E-state index in [0.29, 0.717) is 24.0 Å². The molecule has 0 aliphatic carbocycles. The summed E-state index contributed by atoms with van der Waals surface area (Å²) in [5, 5.41) is 22.0. The molecule has 0 saturated heterocycles. The first-order valence-corrected chi connectivity index (χ1v) is 10.9. The molecule has 1 atom stereocenters. The molecule has 0 saturated carbocycles. The molecular formula is C21H16N10OS. The minimum Gasteiger partial charge on any atom is -0.363 e. The Kier molecular flexibility index (Phi) is 4.81. The van der Waals surface area contributed by atoms with Crippen LogP contribution in [0.4, 0.5) is 11.6 Å². The second-order valence-corrected chi connectivity index (χ2v) is 7.77. The first kappa shape index (κ1) is 19.3. The predicted octanol–water partition coefficient (Wildman–Crippen LogP) is 3.03. The number of aromatic nitrogens is 8. The predicted molar refractivity (Wildman–Crippen MR) is 121 cm³/mol. The normalized spacial score (nSPS) is 16.4. The number of anilines is 2. The molecule has 6 rings (SSSR count). The third kappa shape index (κ3) is 3.42. The molecule has 0 amide bonds. The van der Waals surface area contributed by atoms with Crippen molar-refractivity contribution in [3.8, 4) is 0 Å². The summed E-state index contributed by atoms with van der Waals surface area (Å²) in [7, 11) is 0. The second-order valence-electron chi connectivity index (χ2n) is 7.11. The average molecular weight is 456 g/mol. The second kappa shape index (κ2) is 8.24. The molecule has 1 N–H and O–H groups in total. The summed E-state index contributed by atoms with van der Waals surface area (Å²) in [5.41, 5.74) is 3.14. The molecule has 0 aromatic carbocycles. The van der Waals surface area contributed by atoms with E-state index >= 15 is 0 Å². The van der Waals surface area contributed by atoms with Crippen molar-refractivity contribution in [1.29, 1.82) is 0 Å². The van der Waals surface area contributed by atoms with Gasteiger partial charge in [-0.25, -0.2) is 9.97 Å². The van der Waals surface area contributed by atoms with E-state index in [-0.39, 0.29) is 6.04 Å². The zero-order chi connectivity index (χ0) is 22.0. The lowest BCUT2D eigenvalue weighted by molar-refractivity contribution is 0.417. The summed E-state index contributed by atoms with van der Waals surface area (Å²) in [6.07, 6.45) is 8.34. The number of nitrogens with one attached hydrogen (secondary N) is 1. The molecule has 0 radical (unpaired) electrons. The summed E-state index contributed by atoms with van der Waals surface area (Å²) >= 11 is 1.39. The van der Waals surface area contributed by atoms with Crippen LogP contribution in [0.15, 0.2) is 77.4 Å². The van der Waals surface area contributed by atoms with Gasteiger partial charge in [-0.15, -0.1) is 0 Å². The van der Waals surface area contributed by atoms with Crippen LogP contribution in [-0.4, -0.2) is 46.6 Å². The number of hydrogen-bond acceptors (Lipinski definition) is 11. The highest BCUT2D eigenvalue weighted by molar-refractivity contribution is 7.03. The lowest BCUT2D eigenvalue weighted by Crippen LogP contribution is -2.46. The highest BCUT2D eigenvalue weighted by Gasteiger charge is 2.41. The monoisotopic (exact) mass is 456 g/mol. The highest BCUT2D eigenvalue weighted by Crippen LogP contribution is 2.46. The highest BCUT2D eigenvalue weighted by atomic mass is 32.1. The van der Waals surface area contributed by atoms with Crippen molar-refractivity contribution in [3.05, 3.63) is 90.0 Å². The lowest BCUT2D eigenvalue weighted by Gasteiger charge is -2.43. The van der Waals surface area contributed by atoms with Gasteiger partial charge in [0.2, 0.25) is 0 Å². The molecule has 0 spiro atoms. The van der Waals surface area contributed by atoms with E-state index in [1.807, 2.05) is 40.6 Å². The van der Waals surface area contributed by atoms with Gasteiger partial charge in [0, 0.05) is 41.7 Å². The van der Waals surface area contributed by atoms with Crippen LogP contribution in [0.5, 0.6) is 0 Å². The van der Waals surface area contributed by atoms with Crippen molar-refractivity contribution in [1.82, 2.24) is 39.9 Å². The van der Waals surface area contributed by atoms with Crippen LogP contribution in [0.25, 0.3) is 11.3 Å². The van der Waals surface area contributed by atoms with Gasteiger partial charge in [0.1, 0.15) is 18.1 Å². The van der Waals surface area contributed by atoms with Crippen molar-refractivity contribution < 1.29 is 4.52 Å². The number of nitrogens with zero attached hydrogens (tertiary/aromatic N) is 9. The van der Waals surface area contributed by atoms with Crippen molar-refractivity contribution in [3.63, 3.8) is 0 Å². The average Bonchev–Trinajstić information content (AvgIpc) is 3.67. The smallest absolute Gasteiger partial charge is 0.176 e. The summed E-state index contributed by atoms with van der Waals surface area (Å²) < 4.78 is 9.87. The van der Waals surface area contributed by atoms with Gasteiger partial charge >= 0.3 is 0 Å². The van der Waals surface area contributed by atoms with Crippen molar-refractivity contribution in [2.75, 3.05) is 16.5 Å². The van der Waals surface area contributed by atoms with Crippen LogP contribution in [0.1, 0.15) is 23.3 Å².